The van der Waals surface area contributed by atoms with Crippen LogP contribution in [0, 0.1) is 0 Å². The molecule has 19 heavy (non-hydrogen) atoms. The van der Waals surface area contributed by atoms with Gasteiger partial charge in [0, 0.05) is 32.6 Å². The van der Waals surface area contributed by atoms with Crippen LogP contribution in [0.15, 0.2) is 17.5 Å². The van der Waals surface area contributed by atoms with Crippen molar-refractivity contribution in [1.82, 2.24) is 15.0 Å². The highest BCUT2D eigenvalue weighted by Crippen LogP contribution is 2.15. The van der Waals surface area contributed by atoms with E-state index in [1.165, 1.54) is 4.88 Å². The van der Waals surface area contributed by atoms with Crippen molar-refractivity contribution in [3.63, 3.8) is 0 Å². The molecule has 0 atom stereocenters. The summed E-state index contributed by atoms with van der Waals surface area (Å²) in [5, 5.41) is 2.30. The van der Waals surface area contributed by atoms with Crippen LogP contribution < -0.4 is 9.80 Å². The number of rotatable bonds is 5. The molecule has 7 heteroatoms. The molecule has 0 fully saturated rings. The van der Waals surface area contributed by atoms with Crippen molar-refractivity contribution >= 4 is 34.8 Å². The minimum absolute atomic E-state index is 0.219. The predicted octanol–water partition coefficient (Wildman–Crippen LogP) is 2.33. The Bertz CT molecular complexity index is 529. The van der Waals surface area contributed by atoms with E-state index in [0.29, 0.717) is 11.9 Å². The summed E-state index contributed by atoms with van der Waals surface area (Å²) in [5.74, 6) is 1.17. The zero-order valence-corrected chi connectivity index (χ0v) is 12.7. The van der Waals surface area contributed by atoms with E-state index in [2.05, 4.69) is 32.5 Å². The van der Waals surface area contributed by atoms with Gasteiger partial charge in [0.15, 0.2) is 0 Å². The third kappa shape index (κ3) is 3.78. The van der Waals surface area contributed by atoms with E-state index in [4.69, 9.17) is 11.6 Å². The Labute approximate surface area is 121 Å². The minimum Gasteiger partial charge on any atom is -0.347 e. The maximum Gasteiger partial charge on any atom is 0.231 e. The summed E-state index contributed by atoms with van der Waals surface area (Å²) in [5.41, 5.74) is 0. The number of anilines is 2. The van der Waals surface area contributed by atoms with Crippen molar-refractivity contribution in [3.8, 4) is 0 Å². The lowest BCUT2D eigenvalue weighted by Gasteiger charge is -2.18. The van der Waals surface area contributed by atoms with Gasteiger partial charge in [0.05, 0.1) is 0 Å². The molecule has 0 saturated carbocycles. The Morgan fingerprint density at radius 3 is 2.53 bits per heavy atom. The van der Waals surface area contributed by atoms with Gasteiger partial charge in [0.2, 0.25) is 17.2 Å². The average molecular weight is 298 g/mol. The standard InChI is InChI=1S/C12H16ClN5S/c1-17(2)11-14-10(13)15-12(16-11)18(3)7-6-9-5-4-8-19-9/h4-5,8H,6-7H2,1-3H3. The number of hydrogen-bond donors (Lipinski definition) is 0. The summed E-state index contributed by atoms with van der Waals surface area (Å²) in [4.78, 5) is 17.8. The van der Waals surface area contributed by atoms with E-state index in [-0.39, 0.29) is 5.28 Å². The van der Waals surface area contributed by atoms with Crippen molar-refractivity contribution in [3.05, 3.63) is 27.7 Å². The predicted molar refractivity (Wildman–Crippen MR) is 80.5 cm³/mol. The summed E-state index contributed by atoms with van der Waals surface area (Å²) in [7, 11) is 5.71. The molecule has 0 unspecified atom stereocenters. The number of aromatic nitrogens is 3. The van der Waals surface area contributed by atoms with Crippen LogP contribution in [-0.2, 0) is 6.42 Å². The van der Waals surface area contributed by atoms with Gasteiger partial charge < -0.3 is 9.80 Å². The number of thiophene rings is 1. The van der Waals surface area contributed by atoms with Gasteiger partial charge in [0.1, 0.15) is 0 Å². The highest BCUT2D eigenvalue weighted by atomic mass is 35.5. The van der Waals surface area contributed by atoms with E-state index in [1.54, 1.807) is 11.3 Å². The summed E-state index contributed by atoms with van der Waals surface area (Å²) in [6.07, 6.45) is 0.967. The number of halogens is 1. The van der Waals surface area contributed by atoms with Crippen molar-refractivity contribution < 1.29 is 0 Å². The van der Waals surface area contributed by atoms with E-state index < -0.39 is 0 Å². The topological polar surface area (TPSA) is 45.2 Å². The lowest BCUT2D eigenvalue weighted by Crippen LogP contribution is -2.24. The van der Waals surface area contributed by atoms with Crippen LogP contribution in [-0.4, -0.2) is 42.6 Å². The Kier molecular flexibility index (Phi) is 4.55. The van der Waals surface area contributed by atoms with E-state index in [1.807, 2.05) is 30.9 Å². The molecule has 0 aliphatic heterocycles. The molecule has 0 aliphatic rings. The average Bonchev–Trinajstić information content (AvgIpc) is 2.88. The van der Waals surface area contributed by atoms with Crippen molar-refractivity contribution in [1.29, 1.82) is 0 Å². The van der Waals surface area contributed by atoms with Gasteiger partial charge in [-0.25, -0.2) is 0 Å². The van der Waals surface area contributed by atoms with Gasteiger partial charge in [-0.3, -0.25) is 0 Å². The molecule has 2 aromatic rings. The highest BCUT2D eigenvalue weighted by molar-refractivity contribution is 7.09. The second-order valence-corrected chi connectivity index (χ2v) is 5.72. The fourth-order valence-electron chi connectivity index (χ4n) is 1.53. The lowest BCUT2D eigenvalue weighted by molar-refractivity contribution is 0.827. The second kappa shape index (κ2) is 6.16. The Hall–Kier alpha value is -1.40. The summed E-state index contributed by atoms with van der Waals surface area (Å²) < 4.78 is 0. The third-order valence-corrected chi connectivity index (χ3v) is 3.70. The molecule has 102 valence electrons. The first-order valence-corrected chi connectivity index (χ1v) is 7.14. The second-order valence-electron chi connectivity index (χ2n) is 4.35. The van der Waals surface area contributed by atoms with E-state index in [0.717, 1.165) is 13.0 Å². The Morgan fingerprint density at radius 2 is 1.89 bits per heavy atom. The molecule has 0 spiro atoms. The molecule has 0 aromatic carbocycles. The van der Waals surface area contributed by atoms with Gasteiger partial charge in [-0.15, -0.1) is 11.3 Å². The molecule has 0 radical (unpaired) electrons. The van der Waals surface area contributed by atoms with Crippen LogP contribution in [0.25, 0.3) is 0 Å². The van der Waals surface area contributed by atoms with Gasteiger partial charge in [0.25, 0.3) is 0 Å². The summed E-state index contributed by atoms with van der Waals surface area (Å²) >= 11 is 7.68. The van der Waals surface area contributed by atoms with Crippen molar-refractivity contribution in [2.45, 2.75) is 6.42 Å². The first-order valence-electron chi connectivity index (χ1n) is 5.88. The molecule has 0 aliphatic carbocycles. The fourth-order valence-corrected chi connectivity index (χ4v) is 2.38. The quantitative estimate of drug-likeness (QED) is 0.847. The molecule has 2 heterocycles. The molecule has 0 bridgehead atoms. The van der Waals surface area contributed by atoms with Gasteiger partial charge >= 0.3 is 0 Å². The fraction of sp³-hybridized carbons (Fsp3) is 0.417. The monoisotopic (exact) mass is 297 g/mol. The molecule has 2 rings (SSSR count). The molecule has 5 nitrogen and oxygen atoms in total. The van der Waals surface area contributed by atoms with Crippen LogP contribution in [0.4, 0.5) is 11.9 Å². The smallest absolute Gasteiger partial charge is 0.231 e. The largest absolute Gasteiger partial charge is 0.347 e. The van der Waals surface area contributed by atoms with Crippen LogP contribution >= 0.6 is 22.9 Å². The molecule has 0 amide bonds. The summed E-state index contributed by atoms with van der Waals surface area (Å²) in [6, 6.07) is 4.19. The normalized spacial score (nSPS) is 10.5. The zero-order chi connectivity index (χ0) is 13.8. The van der Waals surface area contributed by atoms with Crippen LogP contribution in [0.1, 0.15) is 4.88 Å². The van der Waals surface area contributed by atoms with Crippen molar-refractivity contribution in [2.75, 3.05) is 37.5 Å². The number of likely N-dealkylation sites (N-methyl/N-ethyl adjacent to an activating group) is 1. The Morgan fingerprint density at radius 1 is 1.16 bits per heavy atom. The number of nitrogens with zero attached hydrogens (tertiary/aromatic N) is 5. The third-order valence-electron chi connectivity index (χ3n) is 2.60. The van der Waals surface area contributed by atoms with E-state index in [9.17, 15) is 0 Å². The molecular formula is C12H16ClN5S. The van der Waals surface area contributed by atoms with Gasteiger partial charge in [-0.2, -0.15) is 15.0 Å². The SMILES string of the molecule is CN(C)c1nc(Cl)nc(N(C)CCc2cccs2)n1. The minimum atomic E-state index is 0.219. The Balaban J connectivity index is 2.07. The van der Waals surface area contributed by atoms with Gasteiger partial charge in [-0.05, 0) is 29.5 Å². The first kappa shape index (κ1) is 14.0. The highest BCUT2D eigenvalue weighted by Gasteiger charge is 2.10. The maximum atomic E-state index is 5.92. The van der Waals surface area contributed by atoms with Crippen LogP contribution in [0.2, 0.25) is 5.28 Å². The maximum absolute atomic E-state index is 5.92. The van der Waals surface area contributed by atoms with Crippen molar-refractivity contribution in [2.24, 2.45) is 0 Å². The number of hydrogen-bond acceptors (Lipinski definition) is 6. The van der Waals surface area contributed by atoms with Crippen LogP contribution in [0.5, 0.6) is 0 Å². The first-order chi connectivity index (χ1) is 9.06. The van der Waals surface area contributed by atoms with Crippen LogP contribution in [0.3, 0.4) is 0 Å². The zero-order valence-electron chi connectivity index (χ0n) is 11.2. The molecule has 0 N–H and O–H groups in total. The molecular weight excluding hydrogens is 282 g/mol. The molecule has 2 aromatic heterocycles. The molecule has 0 saturated heterocycles. The summed E-state index contributed by atoms with van der Waals surface area (Å²) in [6.45, 7) is 0.841. The van der Waals surface area contributed by atoms with Gasteiger partial charge in [-0.1, -0.05) is 6.07 Å². The lowest BCUT2D eigenvalue weighted by atomic mass is 10.3. The van der Waals surface area contributed by atoms with E-state index >= 15 is 0 Å².